The molecule has 1 unspecified atom stereocenters. The van der Waals surface area contributed by atoms with E-state index in [9.17, 15) is 14.7 Å². The predicted octanol–water partition coefficient (Wildman–Crippen LogP) is 2.72. The van der Waals surface area contributed by atoms with Crippen molar-refractivity contribution in [2.24, 2.45) is 0 Å². The summed E-state index contributed by atoms with van der Waals surface area (Å²) in [6, 6.07) is 6.13. The standard InChI is InChI=1S/C20H22N2O5/c1-13-6-9-16(27-13)18-17(15(23)8-7-14-5-4-12-26-14)19(24)20(25)22(18)11-10-21(2)3/h4-9,12,18,24H,10-11H2,1-3H3/b8-7+. The Morgan fingerprint density at radius 1 is 1.33 bits per heavy atom. The van der Waals surface area contributed by atoms with Crippen molar-refractivity contribution in [2.75, 3.05) is 27.2 Å². The van der Waals surface area contributed by atoms with Gasteiger partial charge < -0.3 is 23.7 Å². The van der Waals surface area contributed by atoms with Crippen LogP contribution >= 0.6 is 0 Å². The van der Waals surface area contributed by atoms with Crippen LogP contribution in [0.1, 0.15) is 23.3 Å². The number of carbonyl (C=O) groups excluding carboxylic acids is 2. The summed E-state index contributed by atoms with van der Waals surface area (Å²) in [5, 5.41) is 10.4. The molecular formula is C20H22N2O5. The molecule has 0 saturated heterocycles. The summed E-state index contributed by atoms with van der Waals surface area (Å²) in [4.78, 5) is 28.8. The van der Waals surface area contributed by atoms with Crippen molar-refractivity contribution in [2.45, 2.75) is 13.0 Å². The summed E-state index contributed by atoms with van der Waals surface area (Å²) < 4.78 is 10.9. The van der Waals surface area contributed by atoms with Crippen LogP contribution in [0.4, 0.5) is 0 Å². The third-order valence-corrected chi connectivity index (χ3v) is 4.33. The van der Waals surface area contributed by atoms with Gasteiger partial charge in [-0.25, -0.2) is 0 Å². The van der Waals surface area contributed by atoms with Gasteiger partial charge in [-0.3, -0.25) is 9.59 Å². The number of ketones is 1. The van der Waals surface area contributed by atoms with Crippen molar-refractivity contribution in [3.8, 4) is 0 Å². The Kier molecular flexibility index (Phi) is 5.32. The second-order valence-electron chi connectivity index (χ2n) is 6.63. The van der Waals surface area contributed by atoms with E-state index in [2.05, 4.69) is 0 Å². The summed E-state index contributed by atoms with van der Waals surface area (Å²) in [7, 11) is 3.77. The fourth-order valence-corrected chi connectivity index (χ4v) is 2.97. The maximum atomic E-state index is 12.8. The second kappa shape index (κ2) is 7.67. The SMILES string of the molecule is Cc1ccc(C2C(C(=O)/C=C/c3ccco3)=C(O)C(=O)N2CCN(C)C)o1. The van der Waals surface area contributed by atoms with E-state index in [4.69, 9.17) is 8.83 Å². The summed E-state index contributed by atoms with van der Waals surface area (Å²) in [5.41, 5.74) is 0.0101. The van der Waals surface area contributed by atoms with E-state index in [1.165, 1.54) is 23.3 Å². The highest BCUT2D eigenvalue weighted by Gasteiger charge is 2.44. The van der Waals surface area contributed by atoms with Crippen LogP contribution in [0.25, 0.3) is 6.08 Å². The summed E-state index contributed by atoms with van der Waals surface area (Å²) in [6.07, 6.45) is 4.29. The van der Waals surface area contributed by atoms with E-state index in [0.29, 0.717) is 30.4 Å². The van der Waals surface area contributed by atoms with Crippen LogP contribution < -0.4 is 0 Å². The Bertz CT molecular complexity index is 889. The molecule has 0 radical (unpaired) electrons. The Morgan fingerprint density at radius 2 is 2.11 bits per heavy atom. The minimum Gasteiger partial charge on any atom is -0.503 e. The molecule has 0 saturated carbocycles. The van der Waals surface area contributed by atoms with Crippen LogP contribution in [-0.4, -0.2) is 53.8 Å². The van der Waals surface area contributed by atoms with Crippen molar-refractivity contribution in [3.05, 3.63) is 65.2 Å². The lowest BCUT2D eigenvalue weighted by Crippen LogP contribution is -2.36. The Balaban J connectivity index is 1.95. The van der Waals surface area contributed by atoms with Crippen molar-refractivity contribution in [3.63, 3.8) is 0 Å². The number of aliphatic hydroxyl groups is 1. The molecule has 1 atom stereocenters. The van der Waals surface area contributed by atoms with Gasteiger partial charge >= 0.3 is 0 Å². The highest BCUT2D eigenvalue weighted by atomic mass is 16.3. The van der Waals surface area contributed by atoms with Gasteiger partial charge in [-0.05, 0) is 57.4 Å². The smallest absolute Gasteiger partial charge is 0.290 e. The summed E-state index contributed by atoms with van der Waals surface area (Å²) >= 11 is 0. The topological polar surface area (TPSA) is 87.1 Å². The fraction of sp³-hybridized carbons (Fsp3) is 0.300. The lowest BCUT2D eigenvalue weighted by Gasteiger charge is -2.26. The van der Waals surface area contributed by atoms with E-state index in [-0.39, 0.29) is 5.57 Å². The molecule has 27 heavy (non-hydrogen) atoms. The van der Waals surface area contributed by atoms with Crippen LogP contribution in [0.5, 0.6) is 0 Å². The molecule has 1 N–H and O–H groups in total. The van der Waals surface area contributed by atoms with Gasteiger partial charge in [0, 0.05) is 13.1 Å². The number of hydrogen-bond acceptors (Lipinski definition) is 6. The van der Waals surface area contributed by atoms with Crippen LogP contribution in [0.2, 0.25) is 0 Å². The monoisotopic (exact) mass is 370 g/mol. The molecule has 2 aromatic heterocycles. The lowest BCUT2D eigenvalue weighted by molar-refractivity contribution is -0.129. The molecule has 0 bridgehead atoms. The Labute approximate surface area is 157 Å². The lowest BCUT2D eigenvalue weighted by atomic mass is 10.0. The van der Waals surface area contributed by atoms with Gasteiger partial charge in [0.2, 0.25) is 0 Å². The number of furan rings is 2. The van der Waals surface area contributed by atoms with E-state index in [1.54, 1.807) is 31.2 Å². The second-order valence-corrected chi connectivity index (χ2v) is 6.63. The molecule has 1 aliphatic heterocycles. The first kappa shape index (κ1) is 18.7. The number of aliphatic hydroxyl groups excluding tert-OH is 1. The molecule has 0 aromatic carbocycles. The third kappa shape index (κ3) is 3.88. The van der Waals surface area contributed by atoms with Gasteiger partial charge in [-0.15, -0.1) is 0 Å². The van der Waals surface area contributed by atoms with Crippen molar-refractivity contribution >= 4 is 17.8 Å². The minimum atomic E-state index is -0.764. The molecule has 1 aliphatic rings. The zero-order chi connectivity index (χ0) is 19.6. The highest BCUT2D eigenvalue weighted by molar-refractivity contribution is 6.14. The summed E-state index contributed by atoms with van der Waals surface area (Å²) in [5.74, 6) is 0.0200. The Morgan fingerprint density at radius 3 is 2.70 bits per heavy atom. The van der Waals surface area contributed by atoms with Gasteiger partial charge in [-0.2, -0.15) is 0 Å². The largest absolute Gasteiger partial charge is 0.503 e. The molecule has 7 heteroatoms. The molecular weight excluding hydrogens is 348 g/mol. The number of rotatable bonds is 7. The van der Waals surface area contributed by atoms with Crippen molar-refractivity contribution in [1.82, 2.24) is 9.80 Å². The first-order valence-corrected chi connectivity index (χ1v) is 8.59. The van der Waals surface area contributed by atoms with Gasteiger partial charge in [0.15, 0.2) is 11.5 Å². The van der Waals surface area contributed by atoms with E-state index in [1.807, 2.05) is 19.0 Å². The summed E-state index contributed by atoms with van der Waals surface area (Å²) in [6.45, 7) is 2.71. The molecule has 7 nitrogen and oxygen atoms in total. The first-order chi connectivity index (χ1) is 12.9. The first-order valence-electron chi connectivity index (χ1n) is 8.59. The van der Waals surface area contributed by atoms with Crippen LogP contribution in [-0.2, 0) is 9.59 Å². The maximum absolute atomic E-state index is 12.8. The quantitative estimate of drug-likeness (QED) is 0.754. The third-order valence-electron chi connectivity index (χ3n) is 4.33. The predicted molar refractivity (Wildman–Crippen MR) is 98.9 cm³/mol. The average Bonchev–Trinajstić information content (AvgIpc) is 3.33. The highest BCUT2D eigenvalue weighted by Crippen LogP contribution is 2.38. The molecule has 3 rings (SSSR count). The number of likely N-dealkylation sites (N-methyl/N-ethyl adjacent to an activating group) is 1. The fourth-order valence-electron chi connectivity index (χ4n) is 2.97. The van der Waals surface area contributed by atoms with Crippen molar-refractivity contribution < 1.29 is 23.5 Å². The van der Waals surface area contributed by atoms with Crippen molar-refractivity contribution in [1.29, 1.82) is 0 Å². The molecule has 2 aromatic rings. The van der Waals surface area contributed by atoms with E-state index < -0.39 is 23.5 Å². The number of aryl methyl sites for hydroxylation is 1. The molecule has 3 heterocycles. The number of hydrogen-bond donors (Lipinski definition) is 1. The van der Waals surface area contributed by atoms with Crippen LogP contribution in [0, 0.1) is 6.92 Å². The van der Waals surface area contributed by atoms with E-state index >= 15 is 0 Å². The minimum absolute atomic E-state index is 0.0101. The van der Waals surface area contributed by atoms with E-state index in [0.717, 1.165) is 0 Å². The number of nitrogens with zero attached hydrogens (tertiary/aromatic N) is 2. The molecule has 142 valence electrons. The number of allylic oxidation sites excluding steroid dienone is 1. The molecule has 1 amide bonds. The molecule has 0 spiro atoms. The zero-order valence-electron chi connectivity index (χ0n) is 15.5. The van der Waals surface area contributed by atoms with Gasteiger partial charge in [0.1, 0.15) is 23.3 Å². The van der Waals surface area contributed by atoms with Gasteiger partial charge in [0.05, 0.1) is 11.8 Å². The normalized spacial score (nSPS) is 17.7. The number of carbonyl (C=O) groups is 2. The molecule has 0 fully saturated rings. The van der Waals surface area contributed by atoms with Crippen LogP contribution in [0.15, 0.2) is 56.8 Å². The average molecular weight is 370 g/mol. The van der Waals surface area contributed by atoms with Crippen LogP contribution in [0.3, 0.4) is 0 Å². The Hall–Kier alpha value is -3.06. The van der Waals surface area contributed by atoms with Gasteiger partial charge in [0.25, 0.3) is 5.91 Å². The zero-order valence-corrected chi connectivity index (χ0v) is 15.5. The number of amides is 1. The molecule has 0 aliphatic carbocycles. The van der Waals surface area contributed by atoms with Gasteiger partial charge in [-0.1, -0.05) is 0 Å². The maximum Gasteiger partial charge on any atom is 0.290 e.